The normalized spacial score (nSPS) is 11.7. The highest BCUT2D eigenvalue weighted by molar-refractivity contribution is 7.89. The van der Waals surface area contributed by atoms with E-state index in [2.05, 4.69) is 24.7 Å². The SMILES string of the molecule is COc1nc(CNS(=O)(=O)c2ccc3oc(=O)[nH]c3c2)nc(N(C)C)n1. The third-order valence-electron chi connectivity index (χ3n) is 3.35. The van der Waals surface area contributed by atoms with Crippen LogP contribution in [0.5, 0.6) is 6.01 Å². The third kappa shape index (κ3) is 3.65. The minimum atomic E-state index is -3.86. The second kappa shape index (κ2) is 6.72. The van der Waals surface area contributed by atoms with Gasteiger partial charge in [0.15, 0.2) is 11.4 Å². The summed E-state index contributed by atoms with van der Waals surface area (Å²) in [7, 11) is 1.02. The van der Waals surface area contributed by atoms with E-state index < -0.39 is 15.8 Å². The molecule has 3 aromatic rings. The molecule has 0 unspecified atom stereocenters. The number of benzene rings is 1. The number of nitrogens with zero attached hydrogens (tertiary/aromatic N) is 4. The highest BCUT2D eigenvalue weighted by Gasteiger charge is 2.17. The summed E-state index contributed by atoms with van der Waals surface area (Å²) in [6, 6.07) is 4.12. The van der Waals surface area contributed by atoms with Crippen molar-refractivity contribution in [1.82, 2.24) is 24.7 Å². The molecule has 0 amide bonds. The molecule has 1 aromatic carbocycles. The van der Waals surface area contributed by atoms with Crippen LogP contribution in [-0.2, 0) is 16.6 Å². The lowest BCUT2D eigenvalue weighted by molar-refractivity contribution is 0.375. The molecule has 0 bridgehead atoms. The van der Waals surface area contributed by atoms with Crippen molar-refractivity contribution in [3.8, 4) is 6.01 Å². The van der Waals surface area contributed by atoms with Crippen molar-refractivity contribution in [1.29, 1.82) is 0 Å². The third-order valence-corrected chi connectivity index (χ3v) is 4.75. The van der Waals surface area contributed by atoms with Gasteiger partial charge >= 0.3 is 11.8 Å². The van der Waals surface area contributed by atoms with Crippen LogP contribution in [0.15, 0.2) is 32.3 Å². The van der Waals surface area contributed by atoms with Gasteiger partial charge in [-0.2, -0.15) is 15.0 Å². The number of aromatic amines is 1. The van der Waals surface area contributed by atoms with Gasteiger partial charge in [-0.1, -0.05) is 0 Å². The van der Waals surface area contributed by atoms with E-state index in [1.54, 1.807) is 19.0 Å². The van der Waals surface area contributed by atoms with E-state index in [1.807, 2.05) is 0 Å². The van der Waals surface area contributed by atoms with Crippen LogP contribution in [0.4, 0.5) is 5.95 Å². The molecule has 12 heteroatoms. The molecule has 2 aromatic heterocycles. The number of aromatic nitrogens is 4. The van der Waals surface area contributed by atoms with Crippen molar-refractivity contribution in [2.75, 3.05) is 26.1 Å². The number of oxazole rings is 1. The molecule has 11 nitrogen and oxygen atoms in total. The summed E-state index contributed by atoms with van der Waals surface area (Å²) >= 11 is 0. The van der Waals surface area contributed by atoms with Crippen LogP contribution in [0, 0.1) is 0 Å². The summed E-state index contributed by atoms with van der Waals surface area (Å²) in [5.74, 6) is -0.124. The summed E-state index contributed by atoms with van der Waals surface area (Å²) in [5.41, 5.74) is 0.557. The van der Waals surface area contributed by atoms with Gasteiger partial charge in [-0.05, 0) is 18.2 Å². The maximum atomic E-state index is 12.5. The van der Waals surface area contributed by atoms with E-state index in [9.17, 15) is 13.2 Å². The summed E-state index contributed by atoms with van der Waals surface area (Å²) in [6.45, 7) is -0.165. The number of nitrogens with one attached hydrogen (secondary N) is 2. The predicted octanol–water partition coefficient (Wildman–Crippen LogP) is -0.141. The Hall–Kier alpha value is -2.99. The number of rotatable bonds is 6. The number of hydrogen-bond donors (Lipinski definition) is 2. The molecule has 0 saturated carbocycles. The maximum Gasteiger partial charge on any atom is 0.417 e. The number of methoxy groups -OCH3 is 1. The molecule has 0 aliphatic carbocycles. The second-order valence-electron chi connectivity index (χ2n) is 5.43. The van der Waals surface area contributed by atoms with Gasteiger partial charge in [0.1, 0.15) is 0 Å². The van der Waals surface area contributed by atoms with Gasteiger partial charge in [0.2, 0.25) is 16.0 Å². The van der Waals surface area contributed by atoms with Crippen molar-refractivity contribution in [3.63, 3.8) is 0 Å². The van der Waals surface area contributed by atoms with E-state index in [-0.39, 0.29) is 34.4 Å². The highest BCUT2D eigenvalue weighted by atomic mass is 32.2. The van der Waals surface area contributed by atoms with Crippen LogP contribution in [0.3, 0.4) is 0 Å². The van der Waals surface area contributed by atoms with Gasteiger partial charge < -0.3 is 14.1 Å². The van der Waals surface area contributed by atoms with Crippen molar-refractivity contribution in [2.24, 2.45) is 0 Å². The summed E-state index contributed by atoms with van der Waals surface area (Å²) in [6.07, 6.45) is 0. The summed E-state index contributed by atoms with van der Waals surface area (Å²) < 4.78 is 37.2. The van der Waals surface area contributed by atoms with Crippen molar-refractivity contribution < 1.29 is 17.6 Å². The molecule has 0 saturated heterocycles. The Labute approximate surface area is 148 Å². The number of fused-ring (bicyclic) bond motifs is 1. The fourth-order valence-electron chi connectivity index (χ4n) is 2.10. The van der Waals surface area contributed by atoms with Gasteiger partial charge in [-0.3, -0.25) is 4.98 Å². The molecule has 2 heterocycles. The Kier molecular flexibility index (Phi) is 4.61. The van der Waals surface area contributed by atoms with Crippen LogP contribution < -0.4 is 20.1 Å². The van der Waals surface area contributed by atoms with Crippen LogP contribution in [0.25, 0.3) is 11.1 Å². The quantitative estimate of drug-likeness (QED) is 0.597. The molecule has 138 valence electrons. The van der Waals surface area contributed by atoms with E-state index in [1.165, 1.54) is 25.3 Å². The fourth-order valence-corrected chi connectivity index (χ4v) is 3.10. The van der Waals surface area contributed by atoms with Crippen LogP contribution in [0.1, 0.15) is 5.82 Å². The molecule has 26 heavy (non-hydrogen) atoms. The van der Waals surface area contributed by atoms with Crippen LogP contribution in [-0.4, -0.2) is 49.6 Å². The molecule has 0 aliphatic heterocycles. The molecule has 0 radical (unpaired) electrons. The Morgan fingerprint density at radius 2 is 2.04 bits per heavy atom. The molecule has 0 aliphatic rings. The topological polar surface area (TPSA) is 143 Å². The first-order chi connectivity index (χ1) is 12.3. The first-order valence-corrected chi connectivity index (χ1v) is 8.85. The zero-order valence-electron chi connectivity index (χ0n) is 14.2. The Bertz CT molecular complexity index is 1100. The Balaban J connectivity index is 1.85. The van der Waals surface area contributed by atoms with E-state index >= 15 is 0 Å². The smallest absolute Gasteiger partial charge is 0.417 e. The average molecular weight is 380 g/mol. The molecule has 2 N–H and O–H groups in total. The van der Waals surface area contributed by atoms with Gasteiger partial charge in [-0.25, -0.2) is 17.9 Å². The highest BCUT2D eigenvalue weighted by Crippen LogP contribution is 2.17. The van der Waals surface area contributed by atoms with E-state index in [4.69, 9.17) is 9.15 Å². The first kappa shape index (κ1) is 17.8. The number of sulfonamides is 1. The van der Waals surface area contributed by atoms with E-state index in [0.717, 1.165) is 0 Å². The lowest BCUT2D eigenvalue weighted by Gasteiger charge is -2.12. The molecule has 0 atom stereocenters. The summed E-state index contributed by atoms with van der Waals surface area (Å²) in [5, 5.41) is 0. The lowest BCUT2D eigenvalue weighted by atomic mass is 10.3. The number of H-pyrrole nitrogens is 1. The number of anilines is 1. The maximum absolute atomic E-state index is 12.5. The van der Waals surface area contributed by atoms with Crippen LogP contribution in [0.2, 0.25) is 0 Å². The molecule has 3 rings (SSSR count). The molecular weight excluding hydrogens is 364 g/mol. The van der Waals surface area contributed by atoms with Crippen molar-refractivity contribution in [3.05, 3.63) is 34.6 Å². The van der Waals surface area contributed by atoms with Crippen molar-refractivity contribution in [2.45, 2.75) is 11.4 Å². The zero-order chi connectivity index (χ0) is 18.9. The van der Waals surface area contributed by atoms with E-state index in [0.29, 0.717) is 5.95 Å². The predicted molar refractivity (Wildman–Crippen MR) is 91.6 cm³/mol. The monoisotopic (exact) mass is 380 g/mol. The Morgan fingerprint density at radius 1 is 1.27 bits per heavy atom. The molecular formula is C14H16N6O5S. The first-order valence-electron chi connectivity index (χ1n) is 7.37. The average Bonchev–Trinajstić information content (AvgIpc) is 2.98. The van der Waals surface area contributed by atoms with Gasteiger partial charge in [0, 0.05) is 14.1 Å². The minimum absolute atomic E-state index is 0.0316. The van der Waals surface area contributed by atoms with Gasteiger partial charge in [0.25, 0.3) is 0 Å². The largest absolute Gasteiger partial charge is 0.467 e. The lowest BCUT2D eigenvalue weighted by Crippen LogP contribution is -2.25. The molecule has 0 spiro atoms. The summed E-state index contributed by atoms with van der Waals surface area (Å²) in [4.78, 5) is 27.4. The fraction of sp³-hybridized carbons (Fsp3) is 0.286. The van der Waals surface area contributed by atoms with Gasteiger partial charge in [-0.15, -0.1) is 0 Å². The van der Waals surface area contributed by atoms with Crippen molar-refractivity contribution >= 4 is 27.1 Å². The standard InChI is InChI=1S/C14H16N6O5S/c1-20(2)12-17-11(18-13(19-12)24-3)7-15-26(22,23)8-4-5-10-9(6-8)16-14(21)25-10/h4-6,15H,7H2,1-3H3,(H,16,21). The number of ether oxygens (including phenoxy) is 1. The zero-order valence-corrected chi connectivity index (χ0v) is 15.0. The second-order valence-corrected chi connectivity index (χ2v) is 7.20. The van der Waals surface area contributed by atoms with Crippen LogP contribution >= 0.6 is 0 Å². The Morgan fingerprint density at radius 3 is 2.73 bits per heavy atom. The minimum Gasteiger partial charge on any atom is -0.467 e. The van der Waals surface area contributed by atoms with Gasteiger partial charge in [0.05, 0.1) is 24.1 Å². The number of hydrogen-bond acceptors (Lipinski definition) is 9. The molecule has 0 fully saturated rings.